The molecule has 3 aromatic rings. The van der Waals surface area contributed by atoms with Crippen LogP contribution in [0.4, 0.5) is 0 Å². The Morgan fingerprint density at radius 3 is 0.808 bits per heavy atom. The molecule has 16 heteroatoms. The summed E-state index contributed by atoms with van der Waals surface area (Å²) in [6.45, 7) is 0. The number of carboxylic acids is 3. The Balaban J connectivity index is -0.000000320. The number of benzene rings is 3. The van der Waals surface area contributed by atoms with Gasteiger partial charge >= 0.3 is 85.2 Å². The van der Waals surface area contributed by atoms with Crippen LogP contribution in [0.1, 0.15) is 36.0 Å². The minimum atomic E-state index is -1.24. The minimum Gasteiger partial charge on any atom is -0.550 e. The molecule has 0 aliphatic heterocycles. The molecule has 0 unspecified atom stereocenters. The van der Waals surface area contributed by atoms with E-state index in [1.165, 1.54) is 21.3 Å². The van der Waals surface area contributed by atoms with Crippen LogP contribution in [-0.4, -0.2) is 106 Å². The molecule has 3 rings (SSSR count). The molecule has 4 N–H and O–H groups in total. The molecule has 0 aliphatic carbocycles. The summed E-state index contributed by atoms with van der Waals surface area (Å²) in [6.07, 6.45) is 0.0924. The summed E-state index contributed by atoms with van der Waals surface area (Å²) in [4.78, 5) is 65.5. The number of ether oxygens (including phenoxy) is 3. The van der Waals surface area contributed by atoms with Gasteiger partial charge in [0.2, 0.25) is 0 Å². The van der Waals surface area contributed by atoms with Gasteiger partial charge in [-0.15, -0.1) is 0 Å². The van der Waals surface area contributed by atoms with Crippen molar-refractivity contribution in [2.24, 2.45) is 17.8 Å². The van der Waals surface area contributed by atoms with Gasteiger partial charge in [0.05, 0.1) is 39.1 Å². The third kappa shape index (κ3) is 24.8. The molecule has 0 fully saturated rings. The molecule has 0 saturated heterocycles. The fourth-order valence-corrected chi connectivity index (χ4v) is 4.52. The summed E-state index contributed by atoms with van der Waals surface area (Å²) in [5.74, 6) is -7.34. The molecular weight excluding hydrogens is 719 g/mol. The van der Waals surface area contributed by atoms with Gasteiger partial charge in [-0.25, -0.2) is 0 Å². The quantitative estimate of drug-likeness (QED) is 0.0806. The molecule has 0 aliphatic rings. The third-order valence-electron chi connectivity index (χ3n) is 6.82. The van der Waals surface area contributed by atoms with Gasteiger partial charge < -0.3 is 54.9 Å². The van der Waals surface area contributed by atoms with Crippen LogP contribution in [0, 0.1) is 17.8 Å². The van der Waals surface area contributed by atoms with Crippen molar-refractivity contribution in [3.05, 3.63) is 108 Å². The maximum absolute atomic E-state index is 11.3. The Labute approximate surface area is 354 Å². The molecule has 0 heterocycles. The van der Waals surface area contributed by atoms with E-state index in [1.807, 2.05) is 91.0 Å². The molecule has 3 atom stereocenters. The van der Waals surface area contributed by atoms with Gasteiger partial charge in [0.25, 0.3) is 0 Å². The van der Waals surface area contributed by atoms with Gasteiger partial charge in [0.15, 0.2) is 0 Å². The van der Waals surface area contributed by atoms with Crippen LogP contribution in [0.2, 0.25) is 0 Å². The van der Waals surface area contributed by atoms with Crippen LogP contribution in [0.5, 0.6) is 0 Å². The summed E-state index contributed by atoms with van der Waals surface area (Å²) >= 11 is 0. The van der Waals surface area contributed by atoms with Crippen molar-refractivity contribution >= 4 is 73.6 Å². The molecule has 52 heavy (non-hydrogen) atoms. The first-order valence-corrected chi connectivity index (χ1v) is 14.8. The minimum absolute atomic E-state index is 0. The molecule has 14 nitrogen and oxygen atoms in total. The third-order valence-corrected chi connectivity index (χ3v) is 6.82. The van der Waals surface area contributed by atoms with E-state index in [0.29, 0.717) is 19.3 Å². The van der Waals surface area contributed by atoms with E-state index in [-0.39, 0.29) is 97.5 Å². The van der Waals surface area contributed by atoms with E-state index < -0.39 is 53.6 Å². The van der Waals surface area contributed by atoms with E-state index in [0.717, 1.165) is 16.7 Å². The van der Waals surface area contributed by atoms with Crippen LogP contribution in [0.25, 0.3) is 0 Å². The van der Waals surface area contributed by atoms with E-state index >= 15 is 0 Å². The molecule has 0 saturated carbocycles. The van der Waals surface area contributed by atoms with Crippen molar-refractivity contribution in [1.29, 1.82) is 0 Å². The van der Waals surface area contributed by atoms with Gasteiger partial charge in [0.1, 0.15) is 0 Å². The summed E-state index contributed by atoms with van der Waals surface area (Å²) in [7, 11) is 3.74. The number of carbonyl (C=O) groups excluding carboxylic acids is 6. The van der Waals surface area contributed by atoms with E-state index in [2.05, 4.69) is 14.2 Å². The number of rotatable bonds is 15. The average molecular weight is 763 g/mol. The van der Waals surface area contributed by atoms with Crippen molar-refractivity contribution in [2.45, 2.75) is 38.5 Å². The second-order valence-corrected chi connectivity index (χ2v) is 10.5. The molecule has 3 aromatic carbocycles. The maximum Gasteiger partial charge on any atom is 2.00 e. The molecule has 0 spiro atoms. The van der Waals surface area contributed by atoms with Crippen LogP contribution in [0.15, 0.2) is 91.0 Å². The molecule has 0 aromatic heterocycles. The van der Waals surface area contributed by atoms with Gasteiger partial charge in [-0.3, -0.25) is 14.4 Å². The Hall–Kier alpha value is -3.34. The summed E-state index contributed by atoms with van der Waals surface area (Å²) in [5, 5.41) is 31.5. The predicted octanol–water partition coefficient (Wildman–Crippen LogP) is -4.55. The number of hydrogen-bond donors (Lipinski definition) is 0. The first-order valence-electron chi connectivity index (χ1n) is 14.8. The van der Waals surface area contributed by atoms with Crippen molar-refractivity contribution in [3.8, 4) is 0 Å². The van der Waals surface area contributed by atoms with E-state index in [1.54, 1.807) is 0 Å². The number of aliphatic carboxylic acids is 3. The number of esters is 3. The normalized spacial score (nSPS) is 10.9. The number of carbonyl (C=O) groups is 6. The number of methoxy groups -OCH3 is 3. The fraction of sp³-hybridized carbons (Fsp3) is 0.333. The maximum atomic E-state index is 11.3. The first kappa shape index (κ1) is 55.4. The van der Waals surface area contributed by atoms with Gasteiger partial charge in [-0.2, -0.15) is 0 Å². The molecular formula is C36H43CaNaO14. The van der Waals surface area contributed by atoms with Gasteiger partial charge in [-0.05, 0) is 36.0 Å². The Morgan fingerprint density at radius 1 is 0.462 bits per heavy atom. The number of hydrogen-bond acceptors (Lipinski definition) is 12. The van der Waals surface area contributed by atoms with E-state index in [9.17, 15) is 44.1 Å². The molecule has 0 amide bonds. The van der Waals surface area contributed by atoms with Crippen molar-refractivity contribution < 1.29 is 98.8 Å². The average Bonchev–Trinajstić information content (AvgIpc) is 3.07. The Morgan fingerprint density at radius 2 is 0.654 bits per heavy atom. The van der Waals surface area contributed by atoms with Crippen LogP contribution in [-0.2, 0) is 62.2 Å². The molecule has 0 radical (unpaired) electrons. The van der Waals surface area contributed by atoms with Crippen LogP contribution < -0.4 is 44.9 Å². The molecule has 0 bridgehead atoms. The van der Waals surface area contributed by atoms with Gasteiger partial charge in [0, 0.05) is 37.2 Å². The number of carboxylic acid groups (broad SMARTS) is 3. The van der Waals surface area contributed by atoms with Crippen molar-refractivity contribution in [3.63, 3.8) is 0 Å². The standard InChI is InChI=1S/3C12H14O4.Ca.Na.2H2O/c3*1-16-12(15)10(8-11(13)14)7-9-5-3-2-4-6-9;;;;/h3*2-6,10H,7-8H2,1H3,(H,13,14);;;2*1H2/q;;;+2;+1;;/p-3/t3*10-;;;;/m000..../s1. The SMILES string of the molecule is COC(=O)[C@H](CC(=O)[O-])Cc1ccccc1.COC(=O)[C@H](CC(=O)[O-])Cc1ccccc1.COC(=O)[C@H](CC(=O)[O-])Cc1ccccc1.O.O.[Ca+2].[Na+]. The first-order chi connectivity index (χ1) is 22.9. The smallest absolute Gasteiger partial charge is 0.550 e. The van der Waals surface area contributed by atoms with Crippen molar-refractivity contribution in [2.75, 3.05) is 21.3 Å². The summed E-state index contributed by atoms with van der Waals surface area (Å²) < 4.78 is 13.7. The summed E-state index contributed by atoms with van der Waals surface area (Å²) in [6, 6.07) is 27.6. The predicted molar refractivity (Wildman–Crippen MR) is 179 cm³/mol. The molecule has 274 valence electrons. The zero-order valence-electron chi connectivity index (χ0n) is 29.7. The van der Waals surface area contributed by atoms with Crippen LogP contribution >= 0.6 is 0 Å². The summed E-state index contributed by atoms with van der Waals surface area (Å²) in [5.41, 5.74) is 2.71. The van der Waals surface area contributed by atoms with Crippen LogP contribution in [0.3, 0.4) is 0 Å². The Bertz CT molecular complexity index is 1270. The zero-order chi connectivity index (χ0) is 35.9. The van der Waals surface area contributed by atoms with Gasteiger partial charge in [-0.1, -0.05) is 91.0 Å². The van der Waals surface area contributed by atoms with E-state index in [4.69, 9.17) is 0 Å². The second-order valence-electron chi connectivity index (χ2n) is 10.5. The fourth-order valence-electron chi connectivity index (χ4n) is 4.52. The Kier molecular flexibility index (Phi) is 34.4. The topological polar surface area (TPSA) is 262 Å². The second kappa shape index (κ2) is 32.3. The monoisotopic (exact) mass is 762 g/mol. The van der Waals surface area contributed by atoms with Crippen molar-refractivity contribution in [1.82, 2.24) is 0 Å². The zero-order valence-corrected chi connectivity index (χ0v) is 33.9. The largest absolute Gasteiger partial charge is 2.00 e.